The molecule has 5 nitrogen and oxygen atoms in total. The molecule has 0 bridgehead atoms. The highest BCUT2D eigenvalue weighted by Crippen LogP contribution is 2.33. The summed E-state index contributed by atoms with van der Waals surface area (Å²) >= 11 is 0. The summed E-state index contributed by atoms with van der Waals surface area (Å²) in [5, 5.41) is 11.8. The Hall–Kier alpha value is -1.26. The first-order valence-corrected chi connectivity index (χ1v) is 7.95. The minimum atomic E-state index is -0.757. The van der Waals surface area contributed by atoms with Crippen LogP contribution in [0.2, 0.25) is 0 Å². The number of carboxylic acids is 1. The Morgan fingerprint density at radius 2 is 1.76 bits per heavy atom. The van der Waals surface area contributed by atoms with Crippen LogP contribution in [0.15, 0.2) is 0 Å². The zero-order chi connectivity index (χ0) is 15.9. The van der Waals surface area contributed by atoms with Crippen LogP contribution in [0.4, 0.5) is 4.79 Å². The minimum absolute atomic E-state index is 0.197. The van der Waals surface area contributed by atoms with E-state index in [2.05, 4.69) is 5.32 Å². The molecule has 0 aliphatic heterocycles. The van der Waals surface area contributed by atoms with Crippen molar-refractivity contribution < 1.29 is 19.4 Å². The van der Waals surface area contributed by atoms with E-state index in [1.807, 2.05) is 20.8 Å². The molecule has 0 radical (unpaired) electrons. The van der Waals surface area contributed by atoms with Gasteiger partial charge in [0.05, 0.1) is 0 Å². The van der Waals surface area contributed by atoms with Gasteiger partial charge in [-0.25, -0.2) is 4.79 Å². The van der Waals surface area contributed by atoms with Crippen molar-refractivity contribution in [3.63, 3.8) is 0 Å². The van der Waals surface area contributed by atoms with Crippen molar-refractivity contribution in [3.05, 3.63) is 0 Å². The number of ether oxygens (including phenoxy) is 1. The van der Waals surface area contributed by atoms with E-state index in [0.29, 0.717) is 6.42 Å². The van der Waals surface area contributed by atoms with Crippen LogP contribution in [0.3, 0.4) is 0 Å². The molecule has 5 heteroatoms. The lowest BCUT2D eigenvalue weighted by molar-refractivity contribution is -0.137. The number of hydrogen-bond acceptors (Lipinski definition) is 3. The maximum Gasteiger partial charge on any atom is 0.408 e. The Morgan fingerprint density at radius 3 is 2.29 bits per heavy atom. The average Bonchev–Trinajstić information content (AvgIpc) is 2.33. The molecule has 1 aliphatic rings. The number of aliphatic carboxylic acids is 1. The van der Waals surface area contributed by atoms with Gasteiger partial charge in [-0.15, -0.1) is 0 Å². The lowest BCUT2D eigenvalue weighted by Gasteiger charge is -2.38. The fourth-order valence-electron chi connectivity index (χ4n) is 2.93. The summed E-state index contributed by atoms with van der Waals surface area (Å²) in [6, 6.07) is 0. The van der Waals surface area contributed by atoms with Gasteiger partial charge in [0.25, 0.3) is 0 Å². The van der Waals surface area contributed by atoms with E-state index < -0.39 is 11.6 Å². The molecule has 1 aliphatic carbocycles. The first kappa shape index (κ1) is 17.8. The molecule has 0 saturated heterocycles. The van der Waals surface area contributed by atoms with Gasteiger partial charge in [-0.3, -0.25) is 4.79 Å². The van der Waals surface area contributed by atoms with E-state index in [4.69, 9.17) is 9.84 Å². The first-order valence-electron chi connectivity index (χ1n) is 7.95. The van der Waals surface area contributed by atoms with E-state index in [1.165, 1.54) is 6.42 Å². The number of carbonyl (C=O) groups excluding carboxylic acids is 1. The van der Waals surface area contributed by atoms with Crippen LogP contribution >= 0.6 is 0 Å². The summed E-state index contributed by atoms with van der Waals surface area (Å²) in [5.74, 6) is -0.757. The highest BCUT2D eigenvalue weighted by Gasteiger charge is 2.34. The second-order valence-electron chi connectivity index (χ2n) is 7.07. The quantitative estimate of drug-likeness (QED) is 0.730. The predicted molar refractivity (Wildman–Crippen MR) is 81.3 cm³/mol. The molecule has 1 fully saturated rings. The van der Waals surface area contributed by atoms with E-state index in [-0.39, 0.29) is 18.1 Å². The van der Waals surface area contributed by atoms with E-state index in [1.54, 1.807) is 0 Å². The highest BCUT2D eigenvalue weighted by atomic mass is 16.6. The molecular formula is C16H29NO4. The summed E-state index contributed by atoms with van der Waals surface area (Å²) in [6.07, 6.45) is 7.48. The fourth-order valence-corrected chi connectivity index (χ4v) is 2.93. The van der Waals surface area contributed by atoms with E-state index in [0.717, 1.165) is 38.5 Å². The lowest BCUT2D eigenvalue weighted by Crippen LogP contribution is -2.51. The minimum Gasteiger partial charge on any atom is -0.481 e. The molecule has 0 aromatic carbocycles. The van der Waals surface area contributed by atoms with Gasteiger partial charge in [0.2, 0.25) is 0 Å². The summed E-state index contributed by atoms with van der Waals surface area (Å²) < 4.78 is 5.37. The van der Waals surface area contributed by atoms with Crippen LogP contribution in [0.5, 0.6) is 0 Å². The Labute approximate surface area is 127 Å². The predicted octanol–water partition coefficient (Wildman–Crippen LogP) is 3.86. The Bertz CT molecular complexity index is 354. The van der Waals surface area contributed by atoms with Gasteiger partial charge >= 0.3 is 12.1 Å². The largest absolute Gasteiger partial charge is 0.481 e. The summed E-state index contributed by atoms with van der Waals surface area (Å²) in [7, 11) is 0. The van der Waals surface area contributed by atoms with Crippen molar-refractivity contribution in [2.75, 3.05) is 0 Å². The van der Waals surface area contributed by atoms with Gasteiger partial charge in [-0.1, -0.05) is 25.7 Å². The van der Waals surface area contributed by atoms with Crippen LogP contribution in [-0.4, -0.2) is 28.3 Å². The van der Waals surface area contributed by atoms with Gasteiger partial charge in [0, 0.05) is 12.0 Å². The van der Waals surface area contributed by atoms with E-state index in [9.17, 15) is 9.59 Å². The molecule has 2 N–H and O–H groups in total. The van der Waals surface area contributed by atoms with Crippen LogP contribution in [-0.2, 0) is 9.53 Å². The lowest BCUT2D eigenvalue weighted by atomic mass is 9.78. The van der Waals surface area contributed by atoms with Gasteiger partial charge in [-0.05, 0) is 46.5 Å². The third-order valence-electron chi connectivity index (χ3n) is 3.87. The third-order valence-corrected chi connectivity index (χ3v) is 3.87. The molecule has 1 rings (SSSR count). The number of nitrogens with one attached hydrogen (secondary N) is 1. The normalized spacial score (nSPS) is 18.0. The molecule has 0 aromatic rings. The molecule has 21 heavy (non-hydrogen) atoms. The van der Waals surface area contributed by atoms with Crippen molar-refractivity contribution in [2.24, 2.45) is 0 Å². The number of carbonyl (C=O) groups is 2. The van der Waals surface area contributed by atoms with E-state index >= 15 is 0 Å². The monoisotopic (exact) mass is 299 g/mol. The number of rotatable bonds is 6. The summed E-state index contributed by atoms with van der Waals surface area (Å²) in [6.45, 7) is 5.56. The molecule has 0 spiro atoms. The van der Waals surface area contributed by atoms with Gasteiger partial charge in [0.1, 0.15) is 5.60 Å². The molecule has 0 aromatic heterocycles. The van der Waals surface area contributed by atoms with Crippen LogP contribution < -0.4 is 5.32 Å². The SMILES string of the molecule is CC(C)(C)OC(=O)NC1(CCCCC(=O)O)CCCCC1. The van der Waals surface area contributed by atoms with Crippen molar-refractivity contribution in [1.29, 1.82) is 0 Å². The van der Waals surface area contributed by atoms with Gasteiger partial charge in [0.15, 0.2) is 0 Å². The average molecular weight is 299 g/mol. The zero-order valence-corrected chi connectivity index (χ0v) is 13.5. The zero-order valence-electron chi connectivity index (χ0n) is 13.5. The van der Waals surface area contributed by atoms with Crippen molar-refractivity contribution in [3.8, 4) is 0 Å². The number of hydrogen-bond donors (Lipinski definition) is 2. The number of amides is 1. The second-order valence-corrected chi connectivity index (χ2v) is 7.07. The summed E-state index contributed by atoms with van der Waals surface area (Å²) in [5.41, 5.74) is -0.706. The topological polar surface area (TPSA) is 75.6 Å². The highest BCUT2D eigenvalue weighted by molar-refractivity contribution is 5.69. The molecule has 1 amide bonds. The number of unbranched alkanes of at least 4 members (excludes halogenated alkanes) is 1. The summed E-state index contributed by atoms with van der Waals surface area (Å²) in [4.78, 5) is 22.6. The maximum atomic E-state index is 12.0. The van der Waals surface area contributed by atoms with Gasteiger partial charge in [-0.2, -0.15) is 0 Å². The Kier molecular flexibility index (Phi) is 6.49. The molecule has 0 heterocycles. The number of carboxylic acid groups (broad SMARTS) is 1. The molecular weight excluding hydrogens is 270 g/mol. The van der Waals surface area contributed by atoms with Crippen LogP contribution in [0.1, 0.15) is 78.6 Å². The third kappa shape index (κ3) is 7.34. The van der Waals surface area contributed by atoms with Crippen molar-refractivity contribution in [1.82, 2.24) is 5.32 Å². The second kappa shape index (κ2) is 7.66. The standard InChI is InChI=1S/C16H29NO4/c1-15(2,3)21-14(20)17-16(10-6-4-7-11-16)12-8-5-9-13(18)19/h4-12H2,1-3H3,(H,17,20)(H,18,19). The smallest absolute Gasteiger partial charge is 0.408 e. The van der Waals surface area contributed by atoms with Crippen molar-refractivity contribution >= 4 is 12.1 Å². The van der Waals surface area contributed by atoms with Gasteiger partial charge < -0.3 is 15.2 Å². The van der Waals surface area contributed by atoms with Crippen molar-refractivity contribution in [2.45, 2.75) is 89.7 Å². The molecule has 122 valence electrons. The fraction of sp³-hybridized carbons (Fsp3) is 0.875. The maximum absolute atomic E-state index is 12.0. The molecule has 0 unspecified atom stereocenters. The van der Waals surface area contributed by atoms with Crippen LogP contribution in [0, 0.1) is 0 Å². The molecule has 0 atom stereocenters. The molecule has 1 saturated carbocycles. The Balaban J connectivity index is 2.53. The first-order chi connectivity index (χ1) is 9.72. The number of alkyl carbamates (subject to hydrolysis) is 1. The van der Waals surface area contributed by atoms with Crippen LogP contribution in [0.25, 0.3) is 0 Å². The Morgan fingerprint density at radius 1 is 1.14 bits per heavy atom.